The van der Waals surface area contributed by atoms with Gasteiger partial charge >= 0.3 is 0 Å². The van der Waals surface area contributed by atoms with Crippen molar-refractivity contribution >= 4 is 11.8 Å². The van der Waals surface area contributed by atoms with Crippen LogP contribution in [0.2, 0.25) is 0 Å². The molecule has 1 aromatic heterocycles. The minimum absolute atomic E-state index is 0.0119. The van der Waals surface area contributed by atoms with E-state index in [1.54, 1.807) is 24.0 Å². The Morgan fingerprint density at radius 3 is 2.68 bits per heavy atom. The Labute approximate surface area is 128 Å². The third-order valence-corrected chi connectivity index (χ3v) is 3.85. The fourth-order valence-electron chi connectivity index (χ4n) is 2.43. The summed E-state index contributed by atoms with van der Waals surface area (Å²) in [5, 5.41) is 2.52. The number of ether oxygens (including phenoxy) is 1. The lowest BCUT2D eigenvalue weighted by Gasteiger charge is -2.35. The number of piperidine rings is 1. The molecule has 1 N–H and O–H groups in total. The van der Waals surface area contributed by atoms with Gasteiger partial charge in [-0.25, -0.2) is 9.37 Å². The largest absolute Gasteiger partial charge is 0.383 e. The second-order valence-corrected chi connectivity index (χ2v) is 5.37. The van der Waals surface area contributed by atoms with Gasteiger partial charge in [0.1, 0.15) is 0 Å². The smallest absolute Gasteiger partial charge is 0.289 e. The molecule has 0 radical (unpaired) electrons. The molecule has 1 aliphatic heterocycles. The number of halogens is 1. The summed E-state index contributed by atoms with van der Waals surface area (Å²) in [5.74, 6) is -0.557. The van der Waals surface area contributed by atoms with E-state index in [1.807, 2.05) is 0 Å². The van der Waals surface area contributed by atoms with Crippen LogP contribution in [0.5, 0.6) is 0 Å². The van der Waals surface area contributed by atoms with Crippen LogP contribution in [0.4, 0.5) is 4.39 Å². The molecule has 2 heterocycles. The van der Waals surface area contributed by atoms with Gasteiger partial charge in [0.15, 0.2) is 11.5 Å². The van der Waals surface area contributed by atoms with Crippen LogP contribution in [0.15, 0.2) is 12.4 Å². The number of nitrogens with one attached hydrogen (secondary N) is 1. The van der Waals surface area contributed by atoms with E-state index in [9.17, 15) is 14.0 Å². The average Bonchev–Trinajstić information content (AvgIpc) is 2.93. The van der Waals surface area contributed by atoms with E-state index in [0.29, 0.717) is 12.4 Å². The summed E-state index contributed by atoms with van der Waals surface area (Å²) < 4.78 is 21.1. The van der Waals surface area contributed by atoms with Crippen molar-refractivity contribution in [3.05, 3.63) is 18.2 Å². The first kappa shape index (κ1) is 16.4. The van der Waals surface area contributed by atoms with Crippen molar-refractivity contribution in [3.8, 4) is 0 Å². The third kappa shape index (κ3) is 3.44. The molecule has 0 atom stereocenters. The lowest BCUT2D eigenvalue weighted by atomic mass is 9.92. The van der Waals surface area contributed by atoms with Crippen molar-refractivity contribution in [2.45, 2.75) is 18.5 Å². The Balaban J connectivity index is 1.90. The van der Waals surface area contributed by atoms with Crippen LogP contribution in [0.3, 0.4) is 0 Å². The molecule has 0 saturated carbocycles. The summed E-state index contributed by atoms with van der Waals surface area (Å²) in [6, 6.07) is 0. The zero-order chi connectivity index (χ0) is 16.2. The van der Waals surface area contributed by atoms with Crippen molar-refractivity contribution < 1.29 is 18.7 Å². The van der Waals surface area contributed by atoms with Gasteiger partial charge < -0.3 is 19.5 Å². The number of likely N-dealkylation sites (tertiary alicyclic amines) is 1. The molecule has 122 valence electrons. The first-order valence-electron chi connectivity index (χ1n) is 7.21. The first-order chi connectivity index (χ1) is 10.5. The Bertz CT molecular complexity index is 538. The molecule has 0 aromatic carbocycles. The van der Waals surface area contributed by atoms with E-state index >= 15 is 0 Å². The minimum Gasteiger partial charge on any atom is -0.383 e. The van der Waals surface area contributed by atoms with Crippen LogP contribution in [0.25, 0.3) is 0 Å². The maximum absolute atomic E-state index is 14.6. The van der Waals surface area contributed by atoms with E-state index in [2.05, 4.69) is 10.3 Å². The Kier molecular flexibility index (Phi) is 5.12. The molecule has 1 fully saturated rings. The number of rotatable bonds is 5. The van der Waals surface area contributed by atoms with Crippen molar-refractivity contribution in [3.63, 3.8) is 0 Å². The molecule has 8 heteroatoms. The van der Waals surface area contributed by atoms with Crippen molar-refractivity contribution in [2.24, 2.45) is 7.05 Å². The Morgan fingerprint density at radius 1 is 1.45 bits per heavy atom. The number of nitrogens with zero attached hydrogens (tertiary/aromatic N) is 3. The number of methoxy groups -OCH3 is 1. The molecule has 0 bridgehead atoms. The summed E-state index contributed by atoms with van der Waals surface area (Å²) in [6.45, 7) is 1.00. The van der Waals surface area contributed by atoms with Gasteiger partial charge in [0, 0.05) is 59.0 Å². The van der Waals surface area contributed by atoms with E-state index in [4.69, 9.17) is 4.74 Å². The SMILES string of the molecule is COCCNC(=O)C1(F)CCN(C(=O)c2nccn2C)CC1. The zero-order valence-corrected chi connectivity index (χ0v) is 12.8. The lowest BCUT2D eigenvalue weighted by Crippen LogP contribution is -2.52. The van der Waals surface area contributed by atoms with E-state index < -0.39 is 11.6 Å². The summed E-state index contributed by atoms with van der Waals surface area (Å²) in [6.07, 6.45) is 3.20. The van der Waals surface area contributed by atoms with E-state index in [1.165, 1.54) is 12.0 Å². The monoisotopic (exact) mass is 312 g/mol. The maximum Gasteiger partial charge on any atom is 0.289 e. The first-order valence-corrected chi connectivity index (χ1v) is 7.21. The highest BCUT2D eigenvalue weighted by Crippen LogP contribution is 2.27. The fourth-order valence-corrected chi connectivity index (χ4v) is 2.43. The van der Waals surface area contributed by atoms with E-state index in [-0.39, 0.29) is 38.4 Å². The van der Waals surface area contributed by atoms with Crippen LogP contribution >= 0.6 is 0 Å². The van der Waals surface area contributed by atoms with Gasteiger partial charge in [-0.15, -0.1) is 0 Å². The minimum atomic E-state index is -1.92. The number of amides is 2. The number of imidazole rings is 1. The molecule has 0 spiro atoms. The number of aryl methyl sites for hydroxylation is 1. The summed E-state index contributed by atoms with van der Waals surface area (Å²) in [7, 11) is 3.24. The number of aromatic nitrogens is 2. The highest BCUT2D eigenvalue weighted by atomic mass is 19.1. The molecule has 2 rings (SSSR count). The Hall–Kier alpha value is -1.96. The van der Waals surface area contributed by atoms with E-state index in [0.717, 1.165) is 0 Å². The summed E-state index contributed by atoms with van der Waals surface area (Å²) in [5.41, 5.74) is -1.92. The molecule has 1 aliphatic rings. The van der Waals surface area contributed by atoms with Gasteiger partial charge in [-0.1, -0.05) is 0 Å². The van der Waals surface area contributed by atoms with Crippen LogP contribution in [-0.4, -0.2) is 65.3 Å². The molecule has 7 nitrogen and oxygen atoms in total. The van der Waals surface area contributed by atoms with Gasteiger partial charge in [0.25, 0.3) is 11.8 Å². The maximum atomic E-state index is 14.6. The fraction of sp³-hybridized carbons (Fsp3) is 0.643. The molecule has 1 aromatic rings. The van der Waals surface area contributed by atoms with Crippen molar-refractivity contribution in [2.75, 3.05) is 33.4 Å². The molecule has 1 saturated heterocycles. The average molecular weight is 312 g/mol. The third-order valence-electron chi connectivity index (χ3n) is 3.85. The van der Waals surface area contributed by atoms with Crippen LogP contribution in [-0.2, 0) is 16.6 Å². The van der Waals surface area contributed by atoms with Gasteiger partial charge in [0.2, 0.25) is 0 Å². The zero-order valence-electron chi connectivity index (χ0n) is 12.8. The predicted octanol–water partition coefficient (Wildman–Crippen LogP) is 0.127. The van der Waals surface area contributed by atoms with Crippen LogP contribution in [0, 0.1) is 0 Å². The molecule has 22 heavy (non-hydrogen) atoms. The predicted molar refractivity (Wildman–Crippen MR) is 77.1 cm³/mol. The van der Waals surface area contributed by atoms with Gasteiger partial charge in [-0.2, -0.15) is 0 Å². The van der Waals surface area contributed by atoms with Crippen LogP contribution in [0.1, 0.15) is 23.5 Å². The second kappa shape index (κ2) is 6.87. The van der Waals surface area contributed by atoms with Crippen LogP contribution < -0.4 is 5.32 Å². The lowest BCUT2D eigenvalue weighted by molar-refractivity contribution is -0.135. The second-order valence-electron chi connectivity index (χ2n) is 5.37. The van der Waals surface area contributed by atoms with Crippen molar-refractivity contribution in [1.29, 1.82) is 0 Å². The van der Waals surface area contributed by atoms with Gasteiger partial charge in [-0.3, -0.25) is 9.59 Å². The number of carbonyl (C=O) groups excluding carboxylic acids is 2. The number of alkyl halides is 1. The number of hydrogen-bond acceptors (Lipinski definition) is 4. The topological polar surface area (TPSA) is 76.5 Å². The number of hydrogen-bond donors (Lipinski definition) is 1. The molecule has 2 amide bonds. The molecular weight excluding hydrogens is 291 g/mol. The molecular formula is C14H21FN4O3. The van der Waals surface area contributed by atoms with Gasteiger partial charge in [0.05, 0.1) is 6.61 Å². The quantitative estimate of drug-likeness (QED) is 0.784. The number of carbonyl (C=O) groups is 2. The van der Waals surface area contributed by atoms with Gasteiger partial charge in [-0.05, 0) is 0 Å². The van der Waals surface area contributed by atoms with Crippen molar-refractivity contribution in [1.82, 2.24) is 19.8 Å². The normalized spacial score (nSPS) is 17.3. The highest BCUT2D eigenvalue weighted by molar-refractivity contribution is 5.91. The Morgan fingerprint density at radius 2 is 2.14 bits per heavy atom. The standard InChI is InChI=1S/C14H21FN4O3/c1-18-9-5-16-11(18)12(20)19-7-3-14(15,4-8-19)13(21)17-6-10-22-2/h5,9H,3-4,6-8,10H2,1-2H3,(H,17,21). The highest BCUT2D eigenvalue weighted by Gasteiger charge is 2.42. The molecule has 0 unspecified atom stereocenters. The summed E-state index contributed by atoms with van der Waals surface area (Å²) >= 11 is 0. The summed E-state index contributed by atoms with van der Waals surface area (Å²) in [4.78, 5) is 29.7. The molecule has 0 aliphatic carbocycles.